The Balaban J connectivity index is 1.73. The highest BCUT2D eigenvalue weighted by molar-refractivity contribution is 5.68. The van der Waals surface area contributed by atoms with Crippen LogP contribution >= 0.6 is 0 Å². The van der Waals surface area contributed by atoms with Crippen LogP contribution in [0, 0.1) is 0 Å². The zero-order valence-electron chi connectivity index (χ0n) is 14.5. The van der Waals surface area contributed by atoms with Crippen molar-refractivity contribution in [3.05, 3.63) is 11.6 Å². The molecule has 0 aromatic heterocycles. The molecule has 0 aliphatic carbocycles. The van der Waals surface area contributed by atoms with Crippen molar-refractivity contribution in [3.63, 3.8) is 0 Å². The number of nitrogens with one attached hydrogen (secondary N) is 1. The Bertz CT molecular complexity index is 415. The molecule has 1 atom stereocenters. The number of likely N-dealkylation sites (tertiary alicyclic amines) is 1. The van der Waals surface area contributed by atoms with E-state index in [-0.39, 0.29) is 6.09 Å². The lowest BCUT2D eigenvalue weighted by atomic mass is 10.0. The molecular weight excluding hydrogens is 278 g/mol. The molecule has 2 aliphatic heterocycles. The number of piperidine rings is 1. The fourth-order valence-corrected chi connectivity index (χ4v) is 2.97. The third-order valence-electron chi connectivity index (χ3n) is 4.20. The summed E-state index contributed by atoms with van der Waals surface area (Å²) < 4.78 is 5.42. The number of ether oxygens (including phenoxy) is 1. The molecule has 0 aromatic rings. The Kier molecular flexibility index (Phi) is 5.87. The number of carbonyl (C=O) groups excluding carboxylic acids is 1. The molecule has 1 unspecified atom stereocenters. The molecule has 1 N–H and O–H groups in total. The van der Waals surface area contributed by atoms with Gasteiger partial charge >= 0.3 is 6.09 Å². The number of nitrogens with zero attached hydrogens (tertiary/aromatic N) is 2. The van der Waals surface area contributed by atoms with E-state index in [2.05, 4.69) is 23.3 Å². The minimum absolute atomic E-state index is 0.204. The maximum absolute atomic E-state index is 12.0. The van der Waals surface area contributed by atoms with E-state index in [9.17, 15) is 4.79 Å². The molecule has 5 nitrogen and oxygen atoms in total. The first-order valence-corrected chi connectivity index (χ1v) is 8.41. The Morgan fingerprint density at radius 2 is 2.18 bits per heavy atom. The summed E-state index contributed by atoms with van der Waals surface area (Å²) in [6.07, 6.45) is 5.45. The molecule has 0 spiro atoms. The third kappa shape index (κ3) is 5.61. The average molecular weight is 309 g/mol. The van der Waals surface area contributed by atoms with Crippen LogP contribution in [0.3, 0.4) is 0 Å². The molecule has 2 rings (SSSR count). The molecule has 22 heavy (non-hydrogen) atoms. The summed E-state index contributed by atoms with van der Waals surface area (Å²) in [6.45, 7) is 10.4. The third-order valence-corrected chi connectivity index (χ3v) is 4.20. The fourth-order valence-electron chi connectivity index (χ4n) is 2.97. The standard InChI is InChI=1S/C17H31N3O2/c1-17(2,3)22-16(21)20-10-7-14(8-11-20)12-18-15-6-5-9-19(4)13-15/h7,15,18H,5-6,8-13H2,1-4H3. The van der Waals surface area contributed by atoms with E-state index >= 15 is 0 Å². The van der Waals surface area contributed by atoms with Gasteiger partial charge in [0, 0.05) is 32.2 Å². The summed E-state index contributed by atoms with van der Waals surface area (Å²) >= 11 is 0. The van der Waals surface area contributed by atoms with Gasteiger partial charge in [-0.2, -0.15) is 0 Å². The Morgan fingerprint density at radius 1 is 1.41 bits per heavy atom. The van der Waals surface area contributed by atoms with Crippen LogP contribution in [0.1, 0.15) is 40.0 Å². The molecule has 0 saturated carbocycles. The van der Waals surface area contributed by atoms with Gasteiger partial charge in [-0.3, -0.25) is 0 Å². The van der Waals surface area contributed by atoms with E-state index in [0.717, 1.165) is 26.1 Å². The van der Waals surface area contributed by atoms with Crippen molar-refractivity contribution >= 4 is 6.09 Å². The van der Waals surface area contributed by atoms with Crippen molar-refractivity contribution in [3.8, 4) is 0 Å². The quantitative estimate of drug-likeness (QED) is 0.812. The van der Waals surface area contributed by atoms with Gasteiger partial charge in [-0.25, -0.2) is 4.79 Å². The molecule has 0 aromatic carbocycles. The Morgan fingerprint density at radius 3 is 2.77 bits per heavy atom. The SMILES string of the molecule is CN1CCCC(NCC2=CCN(C(=O)OC(C)(C)C)CC2)C1. The highest BCUT2D eigenvalue weighted by atomic mass is 16.6. The molecule has 2 aliphatic rings. The van der Waals surface area contributed by atoms with Crippen LogP contribution in [0.15, 0.2) is 11.6 Å². The topological polar surface area (TPSA) is 44.8 Å². The Labute approximate surface area is 134 Å². The van der Waals surface area contributed by atoms with Crippen molar-refractivity contribution in [2.45, 2.75) is 51.7 Å². The maximum Gasteiger partial charge on any atom is 0.410 e. The van der Waals surface area contributed by atoms with Crippen LogP contribution in [0.2, 0.25) is 0 Å². The predicted molar refractivity (Wildman–Crippen MR) is 89.0 cm³/mol. The number of hydrogen-bond donors (Lipinski definition) is 1. The number of rotatable bonds is 3. The molecule has 126 valence electrons. The lowest BCUT2D eigenvalue weighted by Crippen LogP contribution is -2.45. The first kappa shape index (κ1) is 17.3. The van der Waals surface area contributed by atoms with Gasteiger partial charge in [-0.1, -0.05) is 11.6 Å². The highest BCUT2D eigenvalue weighted by Crippen LogP contribution is 2.16. The van der Waals surface area contributed by atoms with Crippen molar-refractivity contribution in [1.29, 1.82) is 0 Å². The van der Waals surface area contributed by atoms with Crippen LogP contribution in [-0.2, 0) is 4.74 Å². The summed E-state index contributed by atoms with van der Waals surface area (Å²) in [4.78, 5) is 16.2. The molecular formula is C17H31N3O2. The molecule has 0 radical (unpaired) electrons. The second kappa shape index (κ2) is 7.47. The number of carbonyl (C=O) groups is 1. The van der Waals surface area contributed by atoms with Gasteiger partial charge in [0.2, 0.25) is 0 Å². The van der Waals surface area contributed by atoms with Crippen LogP contribution in [0.25, 0.3) is 0 Å². The highest BCUT2D eigenvalue weighted by Gasteiger charge is 2.24. The predicted octanol–water partition coefficient (Wildman–Crippen LogP) is 2.24. The van der Waals surface area contributed by atoms with Gasteiger partial charge in [0.25, 0.3) is 0 Å². The molecule has 5 heteroatoms. The van der Waals surface area contributed by atoms with E-state index in [0.29, 0.717) is 12.6 Å². The van der Waals surface area contributed by atoms with Gasteiger partial charge in [0.05, 0.1) is 0 Å². The first-order chi connectivity index (χ1) is 10.3. The number of amides is 1. The van der Waals surface area contributed by atoms with Crippen molar-refractivity contribution in [2.24, 2.45) is 0 Å². The number of hydrogen-bond acceptors (Lipinski definition) is 4. The van der Waals surface area contributed by atoms with E-state index in [4.69, 9.17) is 4.74 Å². The zero-order valence-corrected chi connectivity index (χ0v) is 14.5. The maximum atomic E-state index is 12.0. The molecule has 0 bridgehead atoms. The van der Waals surface area contributed by atoms with Crippen LogP contribution in [0.4, 0.5) is 4.79 Å². The fraction of sp³-hybridized carbons (Fsp3) is 0.824. The van der Waals surface area contributed by atoms with Crippen molar-refractivity contribution in [2.75, 3.05) is 39.8 Å². The van der Waals surface area contributed by atoms with E-state index in [1.807, 2.05) is 20.8 Å². The summed E-state index contributed by atoms with van der Waals surface area (Å²) in [6, 6.07) is 0.600. The van der Waals surface area contributed by atoms with Crippen molar-refractivity contribution < 1.29 is 9.53 Å². The van der Waals surface area contributed by atoms with E-state index in [1.54, 1.807) is 4.90 Å². The minimum atomic E-state index is -0.421. The largest absolute Gasteiger partial charge is 0.444 e. The summed E-state index contributed by atoms with van der Waals surface area (Å²) in [7, 11) is 2.19. The van der Waals surface area contributed by atoms with Gasteiger partial charge < -0.3 is 19.9 Å². The second-order valence-corrected chi connectivity index (χ2v) is 7.52. The number of likely N-dealkylation sites (N-methyl/N-ethyl adjacent to an activating group) is 1. The molecule has 1 fully saturated rings. The minimum Gasteiger partial charge on any atom is -0.444 e. The van der Waals surface area contributed by atoms with Crippen LogP contribution in [0.5, 0.6) is 0 Å². The van der Waals surface area contributed by atoms with E-state index < -0.39 is 5.60 Å². The zero-order chi connectivity index (χ0) is 16.2. The summed E-state index contributed by atoms with van der Waals surface area (Å²) in [5, 5.41) is 3.66. The summed E-state index contributed by atoms with van der Waals surface area (Å²) in [5.74, 6) is 0. The van der Waals surface area contributed by atoms with Gasteiger partial charge in [0.15, 0.2) is 0 Å². The molecule has 1 amide bonds. The monoisotopic (exact) mass is 309 g/mol. The van der Waals surface area contributed by atoms with Gasteiger partial charge in [-0.15, -0.1) is 0 Å². The van der Waals surface area contributed by atoms with Crippen molar-refractivity contribution in [1.82, 2.24) is 15.1 Å². The second-order valence-electron chi connectivity index (χ2n) is 7.52. The molecule has 2 heterocycles. The smallest absolute Gasteiger partial charge is 0.410 e. The van der Waals surface area contributed by atoms with Gasteiger partial charge in [0.1, 0.15) is 5.60 Å². The summed E-state index contributed by atoms with van der Waals surface area (Å²) in [5.41, 5.74) is 0.989. The van der Waals surface area contributed by atoms with Crippen LogP contribution < -0.4 is 5.32 Å². The first-order valence-electron chi connectivity index (χ1n) is 8.41. The van der Waals surface area contributed by atoms with Gasteiger partial charge in [-0.05, 0) is 53.6 Å². The lowest BCUT2D eigenvalue weighted by Gasteiger charge is -2.32. The van der Waals surface area contributed by atoms with Crippen LogP contribution in [-0.4, -0.2) is 67.3 Å². The average Bonchev–Trinajstić information content (AvgIpc) is 2.44. The normalized spacial score (nSPS) is 24.1. The van der Waals surface area contributed by atoms with E-state index in [1.165, 1.54) is 25.0 Å². The lowest BCUT2D eigenvalue weighted by molar-refractivity contribution is 0.0265. The molecule has 1 saturated heterocycles. The Hall–Kier alpha value is -1.07.